The monoisotopic (exact) mass is 260 g/mol. The van der Waals surface area contributed by atoms with Crippen molar-refractivity contribution in [1.82, 2.24) is 0 Å². The van der Waals surface area contributed by atoms with E-state index < -0.39 is 0 Å². The van der Waals surface area contributed by atoms with E-state index in [-0.39, 0.29) is 12.7 Å². The molecule has 0 radical (unpaired) electrons. The molecule has 0 amide bonds. The molecule has 0 spiro atoms. The summed E-state index contributed by atoms with van der Waals surface area (Å²) in [4.78, 5) is 0. The number of benzene rings is 1. The fraction of sp³-hybridized carbons (Fsp3) is 0.500. The normalized spacial score (nSPS) is 15.5. The summed E-state index contributed by atoms with van der Waals surface area (Å²) in [6, 6.07) is 5.62. The zero-order chi connectivity index (χ0) is 13.5. The quantitative estimate of drug-likeness (QED) is 0.849. The van der Waals surface area contributed by atoms with Crippen LogP contribution in [-0.4, -0.2) is 24.9 Å². The maximum absolute atomic E-state index is 8.82. The fourth-order valence-electron chi connectivity index (χ4n) is 2.33. The van der Waals surface area contributed by atoms with E-state index in [0.717, 1.165) is 29.9 Å². The third-order valence-corrected chi connectivity index (χ3v) is 3.33. The van der Waals surface area contributed by atoms with Crippen molar-refractivity contribution >= 4 is 0 Å². The van der Waals surface area contributed by atoms with E-state index in [2.05, 4.69) is 11.8 Å². The van der Waals surface area contributed by atoms with Crippen molar-refractivity contribution in [2.45, 2.75) is 38.2 Å². The van der Waals surface area contributed by atoms with Crippen molar-refractivity contribution in [3.05, 3.63) is 23.8 Å². The van der Waals surface area contributed by atoms with Crippen LogP contribution >= 0.6 is 0 Å². The first-order chi connectivity index (χ1) is 9.33. The number of methoxy groups -OCH3 is 1. The highest BCUT2D eigenvalue weighted by Crippen LogP contribution is 2.28. The molecule has 0 bridgehead atoms. The average molecular weight is 260 g/mol. The zero-order valence-electron chi connectivity index (χ0n) is 11.3. The molecule has 3 heteroatoms. The third kappa shape index (κ3) is 3.90. The Labute approximate surface area is 114 Å². The smallest absolute Gasteiger partial charge is 0.135 e. The van der Waals surface area contributed by atoms with Crippen LogP contribution in [-0.2, 0) is 0 Å². The van der Waals surface area contributed by atoms with Crippen molar-refractivity contribution in [3.8, 4) is 23.3 Å². The van der Waals surface area contributed by atoms with Gasteiger partial charge in [-0.05, 0) is 43.9 Å². The maximum atomic E-state index is 8.82. The molecular formula is C16H20O3. The summed E-state index contributed by atoms with van der Waals surface area (Å²) in [7, 11) is 1.63. The number of rotatable bonds is 3. The van der Waals surface area contributed by atoms with Gasteiger partial charge >= 0.3 is 0 Å². The Morgan fingerprint density at radius 3 is 2.74 bits per heavy atom. The van der Waals surface area contributed by atoms with Gasteiger partial charge in [0.05, 0.1) is 18.8 Å². The third-order valence-electron chi connectivity index (χ3n) is 3.33. The number of aliphatic hydroxyl groups excluding tert-OH is 1. The topological polar surface area (TPSA) is 38.7 Å². The highest BCUT2D eigenvalue weighted by Gasteiger charge is 2.16. The molecule has 0 saturated heterocycles. The van der Waals surface area contributed by atoms with Crippen LogP contribution in [0.1, 0.15) is 37.7 Å². The van der Waals surface area contributed by atoms with E-state index in [4.69, 9.17) is 14.6 Å². The van der Waals surface area contributed by atoms with E-state index in [1.165, 1.54) is 19.3 Å². The van der Waals surface area contributed by atoms with Crippen LogP contribution in [0.5, 0.6) is 11.5 Å². The van der Waals surface area contributed by atoms with Gasteiger partial charge in [0.15, 0.2) is 0 Å². The van der Waals surface area contributed by atoms with E-state index >= 15 is 0 Å². The van der Waals surface area contributed by atoms with E-state index in [9.17, 15) is 0 Å². The second kappa shape index (κ2) is 7.06. The highest BCUT2D eigenvalue weighted by atomic mass is 16.5. The molecule has 102 valence electrons. The van der Waals surface area contributed by atoms with Crippen LogP contribution in [0.4, 0.5) is 0 Å². The highest BCUT2D eigenvalue weighted by molar-refractivity contribution is 5.50. The largest absolute Gasteiger partial charge is 0.497 e. The predicted molar refractivity (Wildman–Crippen MR) is 74.5 cm³/mol. The van der Waals surface area contributed by atoms with Crippen molar-refractivity contribution in [1.29, 1.82) is 0 Å². The molecule has 19 heavy (non-hydrogen) atoms. The minimum absolute atomic E-state index is 0.153. The molecule has 1 aromatic rings. The molecule has 0 unspecified atom stereocenters. The zero-order valence-corrected chi connectivity index (χ0v) is 11.3. The number of ether oxygens (including phenoxy) is 2. The van der Waals surface area contributed by atoms with E-state index in [1.807, 2.05) is 18.2 Å². The molecule has 1 fully saturated rings. The van der Waals surface area contributed by atoms with Crippen molar-refractivity contribution in [2.75, 3.05) is 13.7 Å². The lowest BCUT2D eigenvalue weighted by molar-refractivity contribution is 0.154. The summed E-state index contributed by atoms with van der Waals surface area (Å²) in [5.41, 5.74) is 0.777. The number of aliphatic hydroxyl groups is 1. The average Bonchev–Trinajstić information content (AvgIpc) is 2.47. The molecule has 1 saturated carbocycles. The first kappa shape index (κ1) is 13.8. The van der Waals surface area contributed by atoms with Gasteiger partial charge in [-0.3, -0.25) is 0 Å². The molecule has 1 aliphatic carbocycles. The second-order valence-corrected chi connectivity index (χ2v) is 4.70. The van der Waals surface area contributed by atoms with Crippen LogP contribution in [0.3, 0.4) is 0 Å². The first-order valence-corrected chi connectivity index (χ1v) is 6.78. The van der Waals surface area contributed by atoms with E-state index in [0.29, 0.717) is 0 Å². The Bertz CT molecular complexity index is 465. The molecule has 0 aliphatic heterocycles. The van der Waals surface area contributed by atoms with Crippen LogP contribution < -0.4 is 9.47 Å². The van der Waals surface area contributed by atoms with Gasteiger partial charge in [0, 0.05) is 0 Å². The summed E-state index contributed by atoms with van der Waals surface area (Å²) >= 11 is 0. The first-order valence-electron chi connectivity index (χ1n) is 6.78. The van der Waals surface area contributed by atoms with Crippen molar-refractivity contribution in [3.63, 3.8) is 0 Å². The van der Waals surface area contributed by atoms with Gasteiger partial charge in [-0.1, -0.05) is 18.3 Å². The maximum Gasteiger partial charge on any atom is 0.135 e. The number of hydrogen-bond donors (Lipinski definition) is 1. The summed E-state index contributed by atoms with van der Waals surface area (Å²) < 4.78 is 11.2. The molecule has 1 aliphatic rings. The predicted octanol–water partition coefficient (Wildman–Crippen LogP) is 2.75. The Hall–Kier alpha value is -1.66. The minimum Gasteiger partial charge on any atom is -0.497 e. The van der Waals surface area contributed by atoms with E-state index in [1.54, 1.807) is 7.11 Å². The Morgan fingerprint density at radius 1 is 1.26 bits per heavy atom. The molecule has 1 N–H and O–H groups in total. The lowest BCUT2D eigenvalue weighted by Crippen LogP contribution is -2.20. The molecule has 3 nitrogen and oxygen atoms in total. The summed E-state index contributed by atoms with van der Waals surface area (Å²) in [6.07, 6.45) is 6.28. The van der Waals surface area contributed by atoms with Crippen LogP contribution in [0, 0.1) is 11.8 Å². The SMILES string of the molecule is COc1ccc(OC2CCCCC2)c(C#CCO)c1. The molecular weight excluding hydrogens is 240 g/mol. The standard InChI is InChI=1S/C16H20O3/c1-18-15-9-10-16(13(12-15)6-5-11-17)19-14-7-3-2-4-8-14/h9-10,12,14,17H,2-4,7-8,11H2,1H3. The fourth-order valence-corrected chi connectivity index (χ4v) is 2.33. The summed E-state index contributed by atoms with van der Waals surface area (Å²) in [6.45, 7) is -0.153. The van der Waals surface area contributed by atoms with Gasteiger partial charge in [-0.25, -0.2) is 0 Å². The van der Waals surface area contributed by atoms with Crippen LogP contribution in [0.2, 0.25) is 0 Å². The molecule has 0 atom stereocenters. The van der Waals surface area contributed by atoms with Gasteiger partial charge in [0.1, 0.15) is 18.1 Å². The Balaban J connectivity index is 2.17. The van der Waals surface area contributed by atoms with Gasteiger partial charge in [-0.2, -0.15) is 0 Å². The molecule has 0 aromatic heterocycles. The Kier molecular flexibility index (Phi) is 5.11. The van der Waals surface area contributed by atoms with Crippen molar-refractivity contribution in [2.24, 2.45) is 0 Å². The minimum atomic E-state index is -0.153. The van der Waals surface area contributed by atoms with Crippen molar-refractivity contribution < 1.29 is 14.6 Å². The van der Waals surface area contributed by atoms with Crippen LogP contribution in [0.15, 0.2) is 18.2 Å². The summed E-state index contributed by atoms with van der Waals surface area (Å²) in [5.74, 6) is 7.12. The molecule has 0 heterocycles. The van der Waals surface area contributed by atoms with Crippen LogP contribution in [0.25, 0.3) is 0 Å². The van der Waals surface area contributed by atoms with Gasteiger partial charge in [-0.15, -0.1) is 0 Å². The van der Waals surface area contributed by atoms with Gasteiger partial charge in [0.25, 0.3) is 0 Å². The summed E-state index contributed by atoms with van der Waals surface area (Å²) in [5, 5.41) is 8.82. The second-order valence-electron chi connectivity index (χ2n) is 4.70. The van der Waals surface area contributed by atoms with Gasteiger partial charge in [0.2, 0.25) is 0 Å². The van der Waals surface area contributed by atoms with Gasteiger partial charge < -0.3 is 14.6 Å². The lowest BCUT2D eigenvalue weighted by atomic mass is 9.97. The molecule has 1 aromatic carbocycles. The lowest BCUT2D eigenvalue weighted by Gasteiger charge is -2.23. The number of hydrogen-bond acceptors (Lipinski definition) is 3. The molecule has 2 rings (SSSR count). The Morgan fingerprint density at radius 2 is 2.05 bits per heavy atom.